The van der Waals surface area contributed by atoms with Gasteiger partial charge < -0.3 is 4.90 Å². The second kappa shape index (κ2) is 8.11. The third-order valence-electron chi connectivity index (χ3n) is 5.53. The lowest BCUT2D eigenvalue weighted by Gasteiger charge is -2.33. The molecule has 0 unspecified atom stereocenters. The fraction of sp³-hybridized carbons (Fsp3) is 0.409. The first kappa shape index (κ1) is 19.2. The van der Waals surface area contributed by atoms with Crippen molar-refractivity contribution >= 4 is 5.91 Å². The van der Waals surface area contributed by atoms with Gasteiger partial charge in [-0.05, 0) is 51.3 Å². The van der Waals surface area contributed by atoms with Crippen molar-refractivity contribution in [2.45, 2.75) is 46.1 Å². The van der Waals surface area contributed by atoms with E-state index in [9.17, 15) is 4.79 Å². The normalized spacial score (nSPS) is 16.8. The second-order valence-corrected chi connectivity index (χ2v) is 7.53. The largest absolute Gasteiger partial charge is 0.338 e. The summed E-state index contributed by atoms with van der Waals surface area (Å²) in [5.41, 5.74) is 4.57. The molecule has 150 valence electrons. The first-order chi connectivity index (χ1) is 14.1. The van der Waals surface area contributed by atoms with Gasteiger partial charge in [-0.3, -0.25) is 14.5 Å². The molecule has 4 rings (SSSR count). The van der Waals surface area contributed by atoms with E-state index in [-0.39, 0.29) is 11.8 Å². The zero-order valence-corrected chi connectivity index (χ0v) is 17.2. The van der Waals surface area contributed by atoms with E-state index < -0.39 is 0 Å². The van der Waals surface area contributed by atoms with Crippen LogP contribution in [0.1, 0.15) is 53.3 Å². The Balaban J connectivity index is 1.63. The highest BCUT2D eigenvalue weighted by Crippen LogP contribution is 2.33. The summed E-state index contributed by atoms with van der Waals surface area (Å²) in [6.45, 7) is 8.01. The quantitative estimate of drug-likeness (QED) is 0.682. The van der Waals surface area contributed by atoms with Gasteiger partial charge >= 0.3 is 0 Å². The molecule has 3 aromatic rings. The summed E-state index contributed by atoms with van der Waals surface area (Å²) in [6.07, 6.45) is 9.27. The van der Waals surface area contributed by atoms with Crippen LogP contribution in [0.15, 0.2) is 36.9 Å². The molecule has 4 heterocycles. The van der Waals surface area contributed by atoms with Crippen LogP contribution in [0.25, 0.3) is 11.1 Å². The van der Waals surface area contributed by atoms with Gasteiger partial charge in [0.25, 0.3) is 5.91 Å². The van der Waals surface area contributed by atoms with Gasteiger partial charge in [-0.15, -0.1) is 0 Å². The van der Waals surface area contributed by atoms with Gasteiger partial charge in [-0.1, -0.05) is 0 Å². The molecule has 1 amide bonds. The van der Waals surface area contributed by atoms with Crippen LogP contribution in [0.2, 0.25) is 0 Å². The molecule has 1 fully saturated rings. The summed E-state index contributed by atoms with van der Waals surface area (Å²) in [6, 6.07) is 3.96. The standard InChI is InChI=1S/C22H26N6O/c1-4-28-14-20(15(2)26-28)22(29)27-11-5-6-18(13-27)21-19(12-24-16(3)25-21)17-7-9-23-10-8-17/h7-10,12,14,18H,4-6,11,13H2,1-3H3/t18-/m0/s1. The summed E-state index contributed by atoms with van der Waals surface area (Å²) < 4.78 is 1.82. The predicted octanol–water partition coefficient (Wildman–Crippen LogP) is 3.39. The SMILES string of the molecule is CCn1cc(C(=O)N2CCC[C@H](c3nc(C)ncc3-c3ccncc3)C2)c(C)n1. The van der Waals surface area contributed by atoms with Gasteiger partial charge in [0.05, 0.1) is 17.0 Å². The van der Waals surface area contributed by atoms with E-state index in [1.165, 1.54) is 0 Å². The first-order valence-electron chi connectivity index (χ1n) is 10.1. The number of piperidine rings is 1. The highest BCUT2D eigenvalue weighted by atomic mass is 16.2. The second-order valence-electron chi connectivity index (χ2n) is 7.53. The van der Waals surface area contributed by atoms with E-state index in [1.807, 2.05) is 54.9 Å². The number of aromatic nitrogens is 5. The number of hydrogen-bond donors (Lipinski definition) is 0. The number of carbonyl (C=O) groups excluding carboxylic acids is 1. The van der Waals surface area contributed by atoms with Crippen molar-refractivity contribution in [2.24, 2.45) is 0 Å². The van der Waals surface area contributed by atoms with Crippen molar-refractivity contribution in [3.05, 3.63) is 59.7 Å². The lowest BCUT2D eigenvalue weighted by Crippen LogP contribution is -2.39. The number of carbonyl (C=O) groups is 1. The van der Waals surface area contributed by atoms with Crippen LogP contribution < -0.4 is 0 Å². The van der Waals surface area contributed by atoms with E-state index in [2.05, 4.69) is 15.1 Å². The average molecular weight is 390 g/mol. The lowest BCUT2D eigenvalue weighted by atomic mass is 9.90. The van der Waals surface area contributed by atoms with Gasteiger partial charge in [0.1, 0.15) is 5.82 Å². The highest BCUT2D eigenvalue weighted by Gasteiger charge is 2.29. The van der Waals surface area contributed by atoms with E-state index in [4.69, 9.17) is 4.98 Å². The minimum atomic E-state index is 0.0585. The first-order valence-corrected chi connectivity index (χ1v) is 10.1. The number of aryl methyl sites for hydroxylation is 3. The van der Waals surface area contributed by atoms with E-state index in [1.54, 1.807) is 12.4 Å². The molecule has 0 N–H and O–H groups in total. The van der Waals surface area contributed by atoms with E-state index in [0.717, 1.165) is 54.3 Å². The molecule has 7 heteroatoms. The number of hydrogen-bond acceptors (Lipinski definition) is 5. The minimum absolute atomic E-state index is 0.0585. The minimum Gasteiger partial charge on any atom is -0.338 e. The molecule has 1 saturated heterocycles. The smallest absolute Gasteiger partial charge is 0.257 e. The van der Waals surface area contributed by atoms with Crippen LogP contribution in [0, 0.1) is 13.8 Å². The number of rotatable bonds is 4. The fourth-order valence-corrected chi connectivity index (χ4v) is 4.00. The van der Waals surface area contributed by atoms with Crippen LogP contribution in [0.5, 0.6) is 0 Å². The number of nitrogens with zero attached hydrogens (tertiary/aromatic N) is 6. The molecule has 0 aliphatic carbocycles. The molecule has 29 heavy (non-hydrogen) atoms. The molecule has 3 aromatic heterocycles. The van der Waals surface area contributed by atoms with Gasteiger partial charge in [0, 0.05) is 55.9 Å². The summed E-state index contributed by atoms with van der Waals surface area (Å²) in [7, 11) is 0. The Kier molecular flexibility index (Phi) is 5.38. The van der Waals surface area contributed by atoms with E-state index >= 15 is 0 Å². The Bertz CT molecular complexity index is 1010. The van der Waals surface area contributed by atoms with Gasteiger partial charge in [0.15, 0.2) is 0 Å². The molecule has 7 nitrogen and oxygen atoms in total. The van der Waals surface area contributed by atoms with Crippen molar-refractivity contribution in [3.63, 3.8) is 0 Å². The van der Waals surface area contributed by atoms with E-state index in [0.29, 0.717) is 12.1 Å². The number of pyridine rings is 1. The van der Waals surface area contributed by atoms with Crippen LogP contribution in [0.3, 0.4) is 0 Å². The Hall–Kier alpha value is -3.09. The Morgan fingerprint density at radius 3 is 2.76 bits per heavy atom. The molecule has 0 radical (unpaired) electrons. The highest BCUT2D eigenvalue weighted by molar-refractivity contribution is 5.95. The molecular formula is C22H26N6O. The molecule has 0 aromatic carbocycles. The van der Waals surface area contributed by atoms with Crippen LogP contribution in [-0.2, 0) is 6.54 Å². The maximum absolute atomic E-state index is 13.2. The summed E-state index contributed by atoms with van der Waals surface area (Å²) in [5.74, 6) is 0.989. The Morgan fingerprint density at radius 2 is 2.03 bits per heavy atom. The zero-order chi connectivity index (χ0) is 20.4. The molecule has 0 spiro atoms. The molecule has 1 aliphatic heterocycles. The fourth-order valence-electron chi connectivity index (χ4n) is 4.00. The van der Waals surface area contributed by atoms with Gasteiger partial charge in [0.2, 0.25) is 0 Å². The molecule has 0 saturated carbocycles. The molecular weight excluding hydrogens is 364 g/mol. The van der Waals surface area contributed by atoms with Crippen molar-refractivity contribution in [1.29, 1.82) is 0 Å². The monoisotopic (exact) mass is 390 g/mol. The number of likely N-dealkylation sites (tertiary alicyclic amines) is 1. The number of amides is 1. The van der Waals surface area contributed by atoms with Crippen molar-refractivity contribution in [1.82, 2.24) is 29.6 Å². The van der Waals surface area contributed by atoms with Crippen LogP contribution in [-0.4, -0.2) is 48.6 Å². The lowest BCUT2D eigenvalue weighted by molar-refractivity contribution is 0.0705. The van der Waals surface area contributed by atoms with Crippen molar-refractivity contribution in [3.8, 4) is 11.1 Å². The summed E-state index contributed by atoms with van der Waals surface area (Å²) in [4.78, 5) is 28.4. The molecule has 1 atom stereocenters. The van der Waals surface area contributed by atoms with Gasteiger partial charge in [-0.25, -0.2) is 9.97 Å². The summed E-state index contributed by atoms with van der Waals surface area (Å²) in [5, 5.41) is 4.43. The van der Waals surface area contributed by atoms with Crippen molar-refractivity contribution in [2.75, 3.05) is 13.1 Å². The average Bonchev–Trinajstić information content (AvgIpc) is 3.14. The third-order valence-corrected chi connectivity index (χ3v) is 5.53. The Morgan fingerprint density at radius 1 is 1.24 bits per heavy atom. The Labute approximate surface area is 170 Å². The van der Waals surface area contributed by atoms with Crippen molar-refractivity contribution < 1.29 is 4.79 Å². The third kappa shape index (κ3) is 3.90. The van der Waals surface area contributed by atoms with Crippen LogP contribution >= 0.6 is 0 Å². The predicted molar refractivity (Wildman–Crippen MR) is 111 cm³/mol. The maximum Gasteiger partial charge on any atom is 0.257 e. The molecule has 1 aliphatic rings. The maximum atomic E-state index is 13.2. The van der Waals surface area contributed by atoms with Gasteiger partial charge in [-0.2, -0.15) is 5.10 Å². The summed E-state index contributed by atoms with van der Waals surface area (Å²) >= 11 is 0. The van der Waals surface area contributed by atoms with Crippen LogP contribution in [0.4, 0.5) is 0 Å². The topological polar surface area (TPSA) is 76.8 Å². The molecule has 0 bridgehead atoms. The zero-order valence-electron chi connectivity index (χ0n) is 17.2.